The summed E-state index contributed by atoms with van der Waals surface area (Å²) < 4.78 is 43.8. The molecule has 0 spiro atoms. The van der Waals surface area contributed by atoms with Crippen molar-refractivity contribution in [2.45, 2.75) is 24.5 Å². The molecule has 1 saturated heterocycles. The number of cyclic esters (lactones) is 2. The zero-order valence-electron chi connectivity index (χ0n) is 19.5. The predicted octanol–water partition coefficient (Wildman–Crippen LogP) is 4.90. The molecule has 9 heteroatoms. The minimum atomic E-state index is -4.58. The zero-order chi connectivity index (χ0) is 25.9. The first-order chi connectivity index (χ1) is 17.0. The molecule has 8 nitrogen and oxygen atoms in total. The average molecular weight is 506 g/mol. The van der Waals surface area contributed by atoms with E-state index in [4.69, 9.17) is 9.47 Å². The molecule has 0 amide bonds. The fraction of sp³-hybridized carbons (Fsp3) is 0.111. The SMILES string of the molecule is CC1(C)OC(=O)C(=CNc2ccc(C=Cc3ccc(-c4ccccc4)cc3)c(S(=O)(=O)O)c2)C(=O)O1. The van der Waals surface area contributed by atoms with Gasteiger partial charge >= 0.3 is 11.9 Å². The maximum absolute atomic E-state index is 12.1. The van der Waals surface area contributed by atoms with Crippen LogP contribution in [0.15, 0.2) is 89.5 Å². The topological polar surface area (TPSA) is 119 Å². The van der Waals surface area contributed by atoms with Gasteiger partial charge in [-0.1, -0.05) is 72.8 Å². The van der Waals surface area contributed by atoms with Gasteiger partial charge in [0.25, 0.3) is 15.9 Å². The second-order valence-electron chi connectivity index (χ2n) is 8.43. The normalized spacial score (nSPS) is 15.4. The van der Waals surface area contributed by atoms with Gasteiger partial charge in [-0.3, -0.25) is 4.55 Å². The van der Waals surface area contributed by atoms with Gasteiger partial charge in [-0.25, -0.2) is 9.59 Å². The largest absolute Gasteiger partial charge is 0.419 e. The summed E-state index contributed by atoms with van der Waals surface area (Å²) >= 11 is 0. The molecule has 0 radical (unpaired) electrons. The van der Waals surface area contributed by atoms with E-state index < -0.39 is 27.8 Å². The fourth-order valence-electron chi connectivity index (χ4n) is 3.52. The summed E-state index contributed by atoms with van der Waals surface area (Å²) in [6.45, 7) is 2.85. The van der Waals surface area contributed by atoms with E-state index in [1.54, 1.807) is 12.2 Å². The maximum atomic E-state index is 12.1. The van der Waals surface area contributed by atoms with Crippen molar-refractivity contribution >= 4 is 39.9 Å². The van der Waals surface area contributed by atoms with Gasteiger partial charge in [0, 0.05) is 25.7 Å². The molecule has 0 saturated carbocycles. The summed E-state index contributed by atoms with van der Waals surface area (Å²) in [5.41, 5.74) is 3.04. The Morgan fingerprint density at radius 2 is 1.44 bits per heavy atom. The summed E-state index contributed by atoms with van der Waals surface area (Å²) in [5, 5.41) is 2.67. The van der Waals surface area contributed by atoms with Crippen molar-refractivity contribution in [3.63, 3.8) is 0 Å². The summed E-state index contributed by atoms with van der Waals surface area (Å²) in [4.78, 5) is 23.8. The third kappa shape index (κ3) is 5.88. The Morgan fingerprint density at radius 1 is 0.833 bits per heavy atom. The molecule has 1 heterocycles. The number of benzene rings is 3. The van der Waals surface area contributed by atoms with Crippen LogP contribution < -0.4 is 5.32 Å². The monoisotopic (exact) mass is 505 g/mol. The number of carbonyl (C=O) groups excluding carboxylic acids is 2. The van der Waals surface area contributed by atoms with Crippen LogP contribution in [0.1, 0.15) is 25.0 Å². The van der Waals surface area contributed by atoms with E-state index in [1.165, 1.54) is 32.0 Å². The van der Waals surface area contributed by atoms with Crippen molar-refractivity contribution in [2.24, 2.45) is 0 Å². The third-order valence-electron chi connectivity index (χ3n) is 5.26. The van der Waals surface area contributed by atoms with Gasteiger partial charge in [0.15, 0.2) is 5.57 Å². The maximum Gasteiger partial charge on any atom is 0.350 e. The smallest absolute Gasteiger partial charge is 0.350 e. The Hall–Kier alpha value is -4.21. The molecule has 36 heavy (non-hydrogen) atoms. The van der Waals surface area contributed by atoms with E-state index >= 15 is 0 Å². The molecule has 0 unspecified atom stereocenters. The first-order valence-electron chi connectivity index (χ1n) is 10.9. The van der Waals surface area contributed by atoms with Gasteiger partial charge in [-0.15, -0.1) is 0 Å². The summed E-state index contributed by atoms with van der Waals surface area (Å²) in [5.74, 6) is -3.13. The lowest BCUT2D eigenvalue weighted by Crippen LogP contribution is -2.42. The van der Waals surface area contributed by atoms with Crippen LogP contribution in [0.25, 0.3) is 23.3 Å². The number of anilines is 1. The standard InChI is InChI=1S/C27H23NO7S/c1-27(2)34-25(29)23(26(30)35-27)17-28-22-15-14-21(24(16-22)36(31,32)33)13-10-18-8-11-20(12-9-18)19-6-4-3-5-7-19/h3-17,28H,1-2H3,(H,31,32,33). The van der Waals surface area contributed by atoms with E-state index in [9.17, 15) is 22.6 Å². The second-order valence-corrected chi connectivity index (χ2v) is 9.82. The van der Waals surface area contributed by atoms with Crippen molar-refractivity contribution < 1.29 is 32.0 Å². The Labute approximate surface area is 208 Å². The van der Waals surface area contributed by atoms with Crippen LogP contribution in [0, 0.1) is 0 Å². The van der Waals surface area contributed by atoms with Crippen LogP contribution in [0.5, 0.6) is 0 Å². The fourth-order valence-corrected chi connectivity index (χ4v) is 4.23. The molecule has 1 aliphatic heterocycles. The molecule has 4 rings (SSSR count). The molecule has 1 fully saturated rings. The van der Waals surface area contributed by atoms with Crippen molar-refractivity contribution in [1.82, 2.24) is 0 Å². The molecule has 3 aromatic carbocycles. The quantitative estimate of drug-likeness (QED) is 0.160. The lowest BCUT2D eigenvalue weighted by molar-refractivity contribution is -0.222. The Bertz CT molecular complexity index is 1450. The molecule has 184 valence electrons. The molecule has 0 aromatic heterocycles. The lowest BCUT2D eigenvalue weighted by atomic mass is 10.0. The van der Waals surface area contributed by atoms with Gasteiger partial charge in [0.05, 0.1) is 0 Å². The molecule has 0 bridgehead atoms. The molecule has 2 N–H and O–H groups in total. The number of ether oxygens (including phenoxy) is 2. The van der Waals surface area contributed by atoms with Crippen LogP contribution >= 0.6 is 0 Å². The van der Waals surface area contributed by atoms with Crippen molar-refractivity contribution in [1.29, 1.82) is 0 Å². The molecular formula is C27H23NO7S. The minimum absolute atomic E-state index is 0.213. The van der Waals surface area contributed by atoms with Gasteiger partial charge in [0.1, 0.15) is 4.90 Å². The number of carbonyl (C=O) groups is 2. The van der Waals surface area contributed by atoms with Crippen LogP contribution in [0.4, 0.5) is 5.69 Å². The summed E-state index contributed by atoms with van der Waals surface area (Å²) in [6, 6.07) is 21.8. The number of hydrogen-bond donors (Lipinski definition) is 2. The highest BCUT2D eigenvalue weighted by Crippen LogP contribution is 2.26. The number of rotatable bonds is 6. The van der Waals surface area contributed by atoms with E-state index in [0.29, 0.717) is 0 Å². The van der Waals surface area contributed by atoms with Gasteiger partial charge in [-0.05, 0) is 34.4 Å². The van der Waals surface area contributed by atoms with Crippen molar-refractivity contribution in [3.05, 3.63) is 95.7 Å². The van der Waals surface area contributed by atoms with E-state index in [-0.39, 0.29) is 21.7 Å². The zero-order valence-corrected chi connectivity index (χ0v) is 20.3. The van der Waals surface area contributed by atoms with E-state index in [2.05, 4.69) is 5.32 Å². The highest BCUT2D eigenvalue weighted by molar-refractivity contribution is 7.86. The van der Waals surface area contributed by atoms with Crippen LogP contribution in [-0.2, 0) is 29.2 Å². The van der Waals surface area contributed by atoms with E-state index in [0.717, 1.165) is 22.9 Å². The van der Waals surface area contributed by atoms with Crippen molar-refractivity contribution in [2.75, 3.05) is 5.32 Å². The highest BCUT2D eigenvalue weighted by Gasteiger charge is 2.38. The second kappa shape index (κ2) is 9.80. The first kappa shape index (κ1) is 24.9. The Balaban J connectivity index is 1.55. The molecule has 0 atom stereocenters. The molecule has 0 aliphatic carbocycles. The van der Waals surface area contributed by atoms with Crippen LogP contribution in [0.3, 0.4) is 0 Å². The molecular weight excluding hydrogens is 482 g/mol. The van der Waals surface area contributed by atoms with Gasteiger partial charge < -0.3 is 14.8 Å². The molecule has 3 aromatic rings. The van der Waals surface area contributed by atoms with Crippen LogP contribution in [-0.4, -0.2) is 30.7 Å². The Morgan fingerprint density at radius 3 is 2.06 bits per heavy atom. The number of nitrogens with one attached hydrogen (secondary N) is 1. The van der Waals surface area contributed by atoms with E-state index in [1.807, 2.05) is 54.6 Å². The first-order valence-corrected chi connectivity index (χ1v) is 12.3. The number of esters is 2. The summed E-state index contributed by atoms with van der Waals surface area (Å²) in [7, 11) is -4.58. The van der Waals surface area contributed by atoms with Crippen LogP contribution in [0.2, 0.25) is 0 Å². The third-order valence-corrected chi connectivity index (χ3v) is 6.17. The molecule has 1 aliphatic rings. The number of hydrogen-bond acceptors (Lipinski definition) is 7. The van der Waals surface area contributed by atoms with Gasteiger partial charge in [0.2, 0.25) is 0 Å². The van der Waals surface area contributed by atoms with Gasteiger partial charge in [-0.2, -0.15) is 8.42 Å². The predicted molar refractivity (Wildman–Crippen MR) is 135 cm³/mol. The van der Waals surface area contributed by atoms with Crippen molar-refractivity contribution in [3.8, 4) is 11.1 Å². The highest BCUT2D eigenvalue weighted by atomic mass is 32.2. The average Bonchev–Trinajstić information content (AvgIpc) is 2.82. The Kier molecular flexibility index (Phi) is 6.78. The minimum Gasteiger partial charge on any atom is -0.419 e. The lowest BCUT2D eigenvalue weighted by Gasteiger charge is -2.29. The summed E-state index contributed by atoms with van der Waals surface area (Å²) in [6.07, 6.45) is 4.36.